The third kappa shape index (κ3) is 2.31. The van der Waals surface area contributed by atoms with E-state index in [1.165, 1.54) is 6.07 Å². The number of carbonyl (C=O) groups excluding carboxylic acids is 1. The van der Waals surface area contributed by atoms with Crippen LogP contribution in [0.1, 0.15) is 12.5 Å². The van der Waals surface area contributed by atoms with Gasteiger partial charge in [0.05, 0.1) is 0 Å². The number of nitrogens with zero attached hydrogens (tertiary/aromatic N) is 1. The van der Waals surface area contributed by atoms with Crippen molar-refractivity contribution in [2.75, 3.05) is 5.32 Å². The van der Waals surface area contributed by atoms with Crippen LogP contribution in [0.4, 0.5) is 5.69 Å². The lowest BCUT2D eigenvalue weighted by Crippen LogP contribution is -2.09. The zero-order valence-corrected chi connectivity index (χ0v) is 7.37. The van der Waals surface area contributed by atoms with Crippen LogP contribution in [0.5, 0.6) is 0 Å². The number of nitriles is 1. The van der Waals surface area contributed by atoms with E-state index >= 15 is 0 Å². The molecule has 1 rings (SSSR count). The van der Waals surface area contributed by atoms with E-state index in [1.807, 2.05) is 25.1 Å². The van der Waals surface area contributed by atoms with Gasteiger partial charge in [0.15, 0.2) is 6.07 Å². The Kier molecular flexibility index (Phi) is 3.04. The lowest BCUT2D eigenvalue weighted by molar-refractivity contribution is -0.111. The fourth-order valence-electron chi connectivity index (χ4n) is 1.10. The van der Waals surface area contributed by atoms with E-state index in [1.54, 1.807) is 6.07 Å². The maximum absolute atomic E-state index is 10.8. The molecule has 0 atom stereocenters. The van der Waals surface area contributed by atoms with Crippen LogP contribution in [0.3, 0.4) is 0 Å². The molecule has 1 aromatic carbocycles. The Labute approximate surface area is 77.0 Å². The normalized spacial score (nSPS) is 8.92. The molecule has 0 heterocycles. The quantitative estimate of drug-likeness (QED) is 0.694. The minimum atomic E-state index is -0.624. The predicted molar refractivity (Wildman–Crippen MR) is 50.1 cm³/mol. The molecular weight excluding hydrogens is 164 g/mol. The van der Waals surface area contributed by atoms with Gasteiger partial charge in [-0.3, -0.25) is 4.79 Å². The molecule has 0 aliphatic carbocycles. The number of hydrogen-bond donors (Lipinski definition) is 1. The summed E-state index contributed by atoms with van der Waals surface area (Å²) in [6, 6.07) is 8.95. The summed E-state index contributed by atoms with van der Waals surface area (Å²) in [5.41, 5.74) is 1.75. The summed E-state index contributed by atoms with van der Waals surface area (Å²) in [5.74, 6) is -0.624. The number of nitrogens with one attached hydrogen (secondary N) is 1. The summed E-state index contributed by atoms with van der Waals surface area (Å²) in [4.78, 5) is 10.8. The van der Waals surface area contributed by atoms with Gasteiger partial charge < -0.3 is 5.32 Å². The molecule has 0 saturated carbocycles. The monoisotopic (exact) mass is 174 g/mol. The van der Waals surface area contributed by atoms with Crippen molar-refractivity contribution in [1.29, 1.82) is 5.26 Å². The van der Waals surface area contributed by atoms with E-state index in [9.17, 15) is 4.79 Å². The van der Waals surface area contributed by atoms with Crippen LogP contribution >= 0.6 is 0 Å². The van der Waals surface area contributed by atoms with Gasteiger partial charge in [-0.2, -0.15) is 5.26 Å². The molecule has 0 aliphatic heterocycles. The first-order valence-corrected chi connectivity index (χ1v) is 4.07. The summed E-state index contributed by atoms with van der Waals surface area (Å²) >= 11 is 0. The van der Waals surface area contributed by atoms with Crippen molar-refractivity contribution >= 4 is 11.6 Å². The van der Waals surface area contributed by atoms with Crippen LogP contribution in [-0.4, -0.2) is 5.91 Å². The van der Waals surface area contributed by atoms with Gasteiger partial charge in [0.25, 0.3) is 0 Å². The Morgan fingerprint density at radius 2 is 2.23 bits per heavy atom. The molecule has 0 aromatic heterocycles. The van der Waals surface area contributed by atoms with Gasteiger partial charge in [0.1, 0.15) is 0 Å². The average molecular weight is 174 g/mol. The maximum Gasteiger partial charge on any atom is 0.326 e. The minimum Gasteiger partial charge on any atom is -0.313 e. The number of anilines is 1. The van der Waals surface area contributed by atoms with Gasteiger partial charge in [-0.25, -0.2) is 0 Å². The Bertz CT molecular complexity index is 352. The Balaban J connectivity index is 2.88. The van der Waals surface area contributed by atoms with Gasteiger partial charge in [-0.15, -0.1) is 0 Å². The van der Waals surface area contributed by atoms with E-state index in [0.717, 1.165) is 17.7 Å². The molecule has 0 radical (unpaired) electrons. The Morgan fingerprint density at radius 1 is 1.54 bits per heavy atom. The third-order valence-electron chi connectivity index (χ3n) is 1.75. The van der Waals surface area contributed by atoms with Gasteiger partial charge in [0.2, 0.25) is 0 Å². The topological polar surface area (TPSA) is 52.9 Å². The summed E-state index contributed by atoms with van der Waals surface area (Å²) in [7, 11) is 0. The number of para-hydroxylation sites is 1. The average Bonchev–Trinajstić information content (AvgIpc) is 2.18. The molecule has 0 aliphatic rings. The summed E-state index contributed by atoms with van der Waals surface area (Å²) < 4.78 is 0. The zero-order chi connectivity index (χ0) is 9.68. The maximum atomic E-state index is 10.8. The van der Waals surface area contributed by atoms with Crippen molar-refractivity contribution in [2.45, 2.75) is 13.3 Å². The Hall–Kier alpha value is -1.82. The number of benzene rings is 1. The van der Waals surface area contributed by atoms with Crippen molar-refractivity contribution in [1.82, 2.24) is 0 Å². The van der Waals surface area contributed by atoms with E-state index in [0.29, 0.717) is 0 Å². The molecule has 1 N–H and O–H groups in total. The summed E-state index contributed by atoms with van der Waals surface area (Å²) in [6.07, 6.45) is 0.835. The van der Waals surface area contributed by atoms with Crippen LogP contribution in [0.25, 0.3) is 0 Å². The van der Waals surface area contributed by atoms with Crippen molar-refractivity contribution in [3.63, 3.8) is 0 Å². The molecule has 1 amide bonds. The fourth-order valence-corrected chi connectivity index (χ4v) is 1.10. The van der Waals surface area contributed by atoms with Crippen molar-refractivity contribution in [3.8, 4) is 6.07 Å². The van der Waals surface area contributed by atoms with Gasteiger partial charge in [0, 0.05) is 5.69 Å². The second-order valence-electron chi connectivity index (χ2n) is 2.58. The fraction of sp³-hybridized carbons (Fsp3) is 0.200. The number of hydrogen-bond acceptors (Lipinski definition) is 2. The molecular formula is C10H10N2O. The highest BCUT2D eigenvalue weighted by atomic mass is 16.1. The van der Waals surface area contributed by atoms with Crippen LogP contribution in [-0.2, 0) is 11.2 Å². The smallest absolute Gasteiger partial charge is 0.313 e. The van der Waals surface area contributed by atoms with Gasteiger partial charge in [-0.05, 0) is 18.1 Å². The largest absolute Gasteiger partial charge is 0.326 e. The zero-order valence-electron chi connectivity index (χ0n) is 7.37. The molecule has 0 bridgehead atoms. The van der Waals surface area contributed by atoms with Crippen LogP contribution in [0.15, 0.2) is 24.3 Å². The van der Waals surface area contributed by atoms with Crippen molar-refractivity contribution < 1.29 is 4.79 Å². The predicted octanol–water partition coefficient (Wildman–Crippen LogP) is 1.71. The number of amides is 1. The molecule has 0 unspecified atom stereocenters. The second kappa shape index (κ2) is 4.27. The van der Waals surface area contributed by atoms with Crippen molar-refractivity contribution in [3.05, 3.63) is 29.8 Å². The molecule has 3 heteroatoms. The lowest BCUT2D eigenvalue weighted by Gasteiger charge is -2.05. The molecule has 66 valence electrons. The Morgan fingerprint density at radius 3 is 2.85 bits per heavy atom. The van der Waals surface area contributed by atoms with Crippen LogP contribution < -0.4 is 5.32 Å². The van der Waals surface area contributed by atoms with Crippen molar-refractivity contribution in [2.24, 2.45) is 0 Å². The van der Waals surface area contributed by atoms with Gasteiger partial charge >= 0.3 is 5.91 Å². The first-order chi connectivity index (χ1) is 6.27. The first-order valence-electron chi connectivity index (χ1n) is 4.07. The standard InChI is InChI=1S/C10H10N2O/c1-2-8-5-3-4-6-9(8)12-10(13)7-11/h3-6H,2H2,1H3,(H,12,13). The molecule has 13 heavy (non-hydrogen) atoms. The van der Waals surface area contributed by atoms with E-state index in [-0.39, 0.29) is 0 Å². The highest BCUT2D eigenvalue weighted by Crippen LogP contribution is 2.14. The highest BCUT2D eigenvalue weighted by Gasteiger charge is 2.02. The van der Waals surface area contributed by atoms with E-state index in [2.05, 4.69) is 5.32 Å². The highest BCUT2D eigenvalue weighted by molar-refractivity contribution is 6.02. The summed E-state index contributed by atoms with van der Waals surface area (Å²) in [6.45, 7) is 2.00. The number of rotatable bonds is 2. The van der Waals surface area contributed by atoms with Crippen LogP contribution in [0.2, 0.25) is 0 Å². The molecule has 0 fully saturated rings. The molecule has 0 spiro atoms. The second-order valence-corrected chi connectivity index (χ2v) is 2.58. The third-order valence-corrected chi connectivity index (χ3v) is 1.75. The molecule has 3 nitrogen and oxygen atoms in total. The SMILES string of the molecule is CCc1ccccc1NC(=O)C#N. The lowest BCUT2D eigenvalue weighted by atomic mass is 10.1. The van der Waals surface area contributed by atoms with E-state index < -0.39 is 5.91 Å². The van der Waals surface area contributed by atoms with Gasteiger partial charge in [-0.1, -0.05) is 25.1 Å². The van der Waals surface area contributed by atoms with E-state index in [4.69, 9.17) is 5.26 Å². The minimum absolute atomic E-state index is 0.624. The first kappa shape index (κ1) is 9.27. The van der Waals surface area contributed by atoms with Crippen LogP contribution in [0, 0.1) is 11.3 Å². The molecule has 0 saturated heterocycles. The summed E-state index contributed by atoms with van der Waals surface area (Å²) in [5, 5.41) is 10.8. The number of carbonyl (C=O) groups is 1. The number of aryl methyl sites for hydroxylation is 1. The molecule has 1 aromatic rings.